The number of ether oxygens (including phenoxy) is 1. The van der Waals surface area contributed by atoms with Crippen molar-refractivity contribution in [1.29, 1.82) is 0 Å². The van der Waals surface area contributed by atoms with Crippen LogP contribution in [-0.4, -0.2) is 27.6 Å². The second kappa shape index (κ2) is 9.03. The maximum Gasteiger partial charge on any atom is 0.271 e. The van der Waals surface area contributed by atoms with Gasteiger partial charge in [-0.05, 0) is 35.9 Å². The van der Waals surface area contributed by atoms with Crippen molar-refractivity contribution in [1.82, 2.24) is 5.43 Å². The van der Waals surface area contributed by atoms with Gasteiger partial charge in [-0.15, -0.1) is 0 Å². The summed E-state index contributed by atoms with van der Waals surface area (Å²) in [5.74, 6) is -0.133. The lowest BCUT2D eigenvalue weighted by molar-refractivity contribution is 0.0955. The molecule has 3 aromatic carbocycles. The fraction of sp³-hybridized carbons (Fsp3) is 0.0476. The summed E-state index contributed by atoms with van der Waals surface area (Å²) < 4.78 is 33.1. The SMILES string of the molecule is COc1ccccc1NS(=O)(=O)c1cccc(C(=O)NN=Cc2ccccc2)c1. The lowest BCUT2D eigenvalue weighted by Gasteiger charge is -2.12. The number of methoxy groups -OCH3 is 1. The van der Waals surface area contributed by atoms with Gasteiger partial charge in [-0.2, -0.15) is 5.10 Å². The van der Waals surface area contributed by atoms with Crippen LogP contribution in [-0.2, 0) is 10.0 Å². The molecule has 3 aromatic rings. The van der Waals surface area contributed by atoms with Crippen LogP contribution in [0.15, 0.2) is 88.9 Å². The van der Waals surface area contributed by atoms with Gasteiger partial charge in [0.2, 0.25) is 0 Å². The highest BCUT2D eigenvalue weighted by atomic mass is 32.2. The molecule has 0 heterocycles. The Morgan fingerprint density at radius 2 is 1.69 bits per heavy atom. The number of amides is 1. The minimum absolute atomic E-state index is 0.0527. The monoisotopic (exact) mass is 409 g/mol. The molecule has 0 atom stereocenters. The number of sulfonamides is 1. The Hall–Kier alpha value is -3.65. The number of hydrogen-bond donors (Lipinski definition) is 2. The number of anilines is 1. The third-order valence-electron chi connectivity index (χ3n) is 3.94. The molecule has 3 rings (SSSR count). The van der Waals surface area contributed by atoms with E-state index in [4.69, 9.17) is 4.74 Å². The molecular formula is C21H19N3O4S. The largest absolute Gasteiger partial charge is 0.495 e. The van der Waals surface area contributed by atoms with Crippen molar-refractivity contribution in [3.05, 3.63) is 90.0 Å². The molecule has 2 N–H and O–H groups in total. The van der Waals surface area contributed by atoms with Crippen LogP contribution < -0.4 is 14.9 Å². The molecular weight excluding hydrogens is 390 g/mol. The fourth-order valence-corrected chi connectivity index (χ4v) is 3.62. The van der Waals surface area contributed by atoms with Gasteiger partial charge in [0, 0.05) is 5.56 Å². The van der Waals surface area contributed by atoms with Crippen molar-refractivity contribution in [2.45, 2.75) is 4.90 Å². The van der Waals surface area contributed by atoms with Crippen LogP contribution in [0.25, 0.3) is 0 Å². The van der Waals surface area contributed by atoms with Gasteiger partial charge in [0.1, 0.15) is 5.75 Å². The van der Waals surface area contributed by atoms with Crippen molar-refractivity contribution in [2.75, 3.05) is 11.8 Å². The summed E-state index contributed by atoms with van der Waals surface area (Å²) in [6, 6.07) is 21.6. The summed E-state index contributed by atoms with van der Waals surface area (Å²) in [4.78, 5) is 12.3. The van der Waals surface area contributed by atoms with Crippen LogP contribution in [0.1, 0.15) is 15.9 Å². The van der Waals surface area contributed by atoms with Crippen LogP contribution >= 0.6 is 0 Å². The lowest BCUT2D eigenvalue weighted by atomic mass is 10.2. The van der Waals surface area contributed by atoms with Crippen molar-refractivity contribution < 1.29 is 17.9 Å². The maximum absolute atomic E-state index is 12.7. The normalized spacial score (nSPS) is 11.2. The van der Waals surface area contributed by atoms with Gasteiger partial charge >= 0.3 is 0 Å². The number of nitrogens with zero attached hydrogens (tertiary/aromatic N) is 1. The average molecular weight is 409 g/mol. The van der Waals surface area contributed by atoms with Crippen LogP contribution in [0, 0.1) is 0 Å². The molecule has 0 unspecified atom stereocenters. The summed E-state index contributed by atoms with van der Waals surface area (Å²) >= 11 is 0. The van der Waals surface area contributed by atoms with Gasteiger partial charge in [0.15, 0.2) is 0 Å². The molecule has 0 aliphatic heterocycles. The highest BCUT2D eigenvalue weighted by Gasteiger charge is 2.18. The predicted molar refractivity (Wildman–Crippen MR) is 112 cm³/mol. The minimum Gasteiger partial charge on any atom is -0.495 e. The first-order chi connectivity index (χ1) is 14.0. The first kappa shape index (κ1) is 20.1. The molecule has 0 saturated carbocycles. The standard InChI is InChI=1S/C21H19N3O4S/c1-28-20-13-6-5-12-19(20)24-29(26,27)18-11-7-10-17(14-18)21(25)23-22-15-16-8-3-2-4-9-16/h2-15,24H,1H3,(H,23,25). The average Bonchev–Trinajstić information content (AvgIpc) is 2.74. The number of nitrogens with one attached hydrogen (secondary N) is 2. The summed E-state index contributed by atoms with van der Waals surface area (Å²) in [7, 11) is -2.46. The molecule has 0 aliphatic rings. The Bertz CT molecular complexity index is 1130. The Morgan fingerprint density at radius 3 is 2.45 bits per heavy atom. The van der Waals surface area contributed by atoms with E-state index in [2.05, 4.69) is 15.2 Å². The van der Waals surface area contributed by atoms with Gasteiger partial charge in [-0.1, -0.05) is 48.5 Å². The van der Waals surface area contributed by atoms with Gasteiger partial charge in [0.25, 0.3) is 15.9 Å². The van der Waals surface area contributed by atoms with E-state index in [1.807, 2.05) is 30.3 Å². The van der Waals surface area contributed by atoms with E-state index < -0.39 is 15.9 Å². The topological polar surface area (TPSA) is 96.9 Å². The molecule has 8 heteroatoms. The van der Waals surface area contributed by atoms with Crippen molar-refractivity contribution in [3.8, 4) is 5.75 Å². The molecule has 7 nitrogen and oxygen atoms in total. The predicted octanol–water partition coefficient (Wildman–Crippen LogP) is 3.26. The molecule has 0 bridgehead atoms. The molecule has 0 aromatic heterocycles. The van der Waals surface area contributed by atoms with E-state index in [0.717, 1.165) is 5.56 Å². The molecule has 0 fully saturated rings. The van der Waals surface area contributed by atoms with E-state index in [1.165, 1.54) is 37.6 Å². The zero-order valence-corrected chi connectivity index (χ0v) is 16.4. The number of hydrazone groups is 1. The first-order valence-corrected chi connectivity index (χ1v) is 10.1. The van der Waals surface area contributed by atoms with Gasteiger partial charge in [-0.25, -0.2) is 13.8 Å². The van der Waals surface area contributed by atoms with Gasteiger partial charge < -0.3 is 4.74 Å². The van der Waals surface area contributed by atoms with E-state index >= 15 is 0 Å². The minimum atomic E-state index is -3.91. The van der Waals surface area contributed by atoms with Crippen LogP contribution in [0.4, 0.5) is 5.69 Å². The Labute approximate surface area is 169 Å². The quantitative estimate of drug-likeness (QED) is 0.462. The highest BCUT2D eigenvalue weighted by Crippen LogP contribution is 2.26. The molecule has 0 spiro atoms. The number of rotatable bonds is 7. The van der Waals surface area contributed by atoms with E-state index in [1.54, 1.807) is 24.3 Å². The highest BCUT2D eigenvalue weighted by molar-refractivity contribution is 7.92. The molecule has 0 aliphatic carbocycles. The van der Waals surface area contributed by atoms with Crippen molar-refractivity contribution >= 4 is 27.8 Å². The lowest BCUT2D eigenvalue weighted by Crippen LogP contribution is -2.19. The second-order valence-corrected chi connectivity index (χ2v) is 7.63. The number of carbonyl (C=O) groups is 1. The zero-order valence-electron chi connectivity index (χ0n) is 15.6. The first-order valence-electron chi connectivity index (χ1n) is 8.64. The summed E-state index contributed by atoms with van der Waals surface area (Å²) in [5.41, 5.74) is 3.68. The smallest absolute Gasteiger partial charge is 0.271 e. The maximum atomic E-state index is 12.7. The molecule has 1 amide bonds. The Kier molecular flexibility index (Phi) is 6.25. The Morgan fingerprint density at radius 1 is 0.966 bits per heavy atom. The molecule has 148 valence electrons. The summed E-state index contributed by atoms with van der Waals surface area (Å²) in [5, 5.41) is 3.89. The number of carbonyl (C=O) groups excluding carboxylic acids is 1. The third-order valence-corrected chi connectivity index (χ3v) is 5.30. The number of benzene rings is 3. The van der Waals surface area contributed by atoms with E-state index in [9.17, 15) is 13.2 Å². The number of para-hydroxylation sites is 2. The van der Waals surface area contributed by atoms with Crippen LogP contribution in [0.5, 0.6) is 5.75 Å². The van der Waals surface area contributed by atoms with Crippen molar-refractivity contribution in [2.24, 2.45) is 5.10 Å². The summed E-state index contributed by atoms with van der Waals surface area (Å²) in [6.45, 7) is 0. The van der Waals surface area contributed by atoms with Crippen molar-refractivity contribution in [3.63, 3.8) is 0 Å². The molecule has 0 radical (unpaired) electrons. The Balaban J connectivity index is 1.76. The third kappa shape index (κ3) is 5.20. The molecule has 0 saturated heterocycles. The van der Waals surface area contributed by atoms with Crippen LogP contribution in [0.3, 0.4) is 0 Å². The zero-order chi connectivity index (χ0) is 20.7. The van der Waals surface area contributed by atoms with Gasteiger partial charge in [-0.3, -0.25) is 9.52 Å². The van der Waals surface area contributed by atoms with Crippen LogP contribution in [0.2, 0.25) is 0 Å². The summed E-state index contributed by atoms with van der Waals surface area (Å²) in [6.07, 6.45) is 1.50. The molecule has 29 heavy (non-hydrogen) atoms. The van der Waals surface area contributed by atoms with E-state index in [-0.39, 0.29) is 10.5 Å². The van der Waals surface area contributed by atoms with Gasteiger partial charge in [0.05, 0.1) is 23.9 Å². The number of hydrogen-bond acceptors (Lipinski definition) is 5. The second-order valence-electron chi connectivity index (χ2n) is 5.94. The van der Waals surface area contributed by atoms with E-state index in [0.29, 0.717) is 11.4 Å². The fourth-order valence-electron chi connectivity index (χ4n) is 2.51.